The summed E-state index contributed by atoms with van der Waals surface area (Å²) in [6, 6.07) is 1.89. The third-order valence-corrected chi connectivity index (χ3v) is 5.19. The van der Waals surface area contributed by atoms with Gasteiger partial charge in [0.1, 0.15) is 18.0 Å². The molecule has 30 heavy (non-hydrogen) atoms. The molecule has 0 radical (unpaired) electrons. The van der Waals surface area contributed by atoms with Crippen molar-refractivity contribution < 1.29 is 19.1 Å². The lowest BCUT2D eigenvalue weighted by Gasteiger charge is -2.28. The number of fused-ring (bicyclic) bond motifs is 1. The number of aromatic nitrogens is 1. The summed E-state index contributed by atoms with van der Waals surface area (Å²) in [5, 5.41) is 3.10. The fraction of sp³-hybridized carbons (Fsp3) is 0.696. The zero-order chi connectivity index (χ0) is 22.7. The van der Waals surface area contributed by atoms with Gasteiger partial charge in [0, 0.05) is 25.2 Å². The molecule has 1 aromatic rings. The predicted molar refractivity (Wildman–Crippen MR) is 116 cm³/mol. The molecule has 2 fully saturated rings. The highest BCUT2D eigenvalue weighted by atomic mass is 16.6. The first kappa shape index (κ1) is 24.0. The number of aryl methyl sites for hydroxylation is 1. The molecule has 1 aliphatic carbocycles. The summed E-state index contributed by atoms with van der Waals surface area (Å²) in [5.74, 6) is 1.18. The van der Waals surface area contributed by atoms with Gasteiger partial charge in [0.2, 0.25) is 5.91 Å². The lowest BCUT2D eigenvalue weighted by atomic mass is 10.1. The average Bonchev–Trinajstić information content (AvgIpc) is 3.15. The standard InChI is InChI=1S/C21H31N3O4.C2H6/c1-13-7-8-22-9-16(13)27-12-21(5,6)23-18(25)17-14-10-24(11-15(14)17)19(26)28-20(2,3)4;1-2/h7-9,14-15,17H,10-12H2,1-6H3,(H,23,25);1-2H3. The molecule has 0 bridgehead atoms. The number of carbonyl (C=O) groups excluding carboxylic acids is 2. The number of ether oxygens (including phenoxy) is 2. The van der Waals surface area contributed by atoms with Crippen LogP contribution in [0.2, 0.25) is 0 Å². The van der Waals surface area contributed by atoms with E-state index in [1.54, 1.807) is 17.3 Å². The van der Waals surface area contributed by atoms with Crippen molar-refractivity contribution in [3.8, 4) is 5.75 Å². The monoisotopic (exact) mass is 419 g/mol. The minimum Gasteiger partial charge on any atom is -0.489 e. The molecule has 1 aromatic heterocycles. The molecule has 0 aromatic carbocycles. The topological polar surface area (TPSA) is 80.8 Å². The SMILES string of the molecule is CC.Cc1ccncc1OCC(C)(C)NC(=O)C1C2CN(C(=O)OC(C)(C)C)CC21. The molecule has 1 N–H and O–H groups in total. The van der Waals surface area contributed by atoms with Crippen molar-refractivity contribution >= 4 is 12.0 Å². The summed E-state index contributed by atoms with van der Waals surface area (Å²) in [5.41, 5.74) is 0.00867. The Bertz CT molecular complexity index is 745. The summed E-state index contributed by atoms with van der Waals surface area (Å²) in [4.78, 5) is 30.7. The van der Waals surface area contributed by atoms with Crippen LogP contribution in [0.3, 0.4) is 0 Å². The number of nitrogens with one attached hydrogen (secondary N) is 1. The lowest BCUT2D eigenvalue weighted by molar-refractivity contribution is -0.125. The van der Waals surface area contributed by atoms with E-state index in [1.807, 2.05) is 61.5 Å². The highest BCUT2D eigenvalue weighted by molar-refractivity contribution is 5.84. The fourth-order valence-electron chi connectivity index (χ4n) is 3.70. The van der Waals surface area contributed by atoms with E-state index in [0.29, 0.717) is 19.7 Å². The molecule has 7 heteroatoms. The summed E-state index contributed by atoms with van der Waals surface area (Å²) < 4.78 is 11.3. The fourth-order valence-corrected chi connectivity index (χ4v) is 3.70. The largest absolute Gasteiger partial charge is 0.489 e. The van der Waals surface area contributed by atoms with E-state index in [1.165, 1.54) is 0 Å². The number of nitrogens with zero attached hydrogens (tertiary/aromatic N) is 2. The molecule has 1 saturated heterocycles. The van der Waals surface area contributed by atoms with Gasteiger partial charge in [-0.1, -0.05) is 13.8 Å². The van der Waals surface area contributed by atoms with Crippen LogP contribution in [-0.2, 0) is 9.53 Å². The van der Waals surface area contributed by atoms with Crippen molar-refractivity contribution in [2.24, 2.45) is 17.8 Å². The Labute approximate surface area is 180 Å². The van der Waals surface area contributed by atoms with E-state index < -0.39 is 11.1 Å². The smallest absolute Gasteiger partial charge is 0.410 e. The van der Waals surface area contributed by atoms with Crippen molar-refractivity contribution in [1.29, 1.82) is 0 Å². The summed E-state index contributed by atoms with van der Waals surface area (Å²) in [7, 11) is 0. The Morgan fingerprint density at radius 2 is 1.77 bits per heavy atom. The van der Waals surface area contributed by atoms with Gasteiger partial charge < -0.3 is 19.7 Å². The van der Waals surface area contributed by atoms with Crippen LogP contribution in [0.1, 0.15) is 54.0 Å². The zero-order valence-corrected chi connectivity index (χ0v) is 19.6. The van der Waals surface area contributed by atoms with Crippen LogP contribution in [0.15, 0.2) is 18.5 Å². The number of likely N-dealkylation sites (tertiary alicyclic amines) is 1. The molecular weight excluding hydrogens is 382 g/mol. The third kappa shape index (κ3) is 6.09. The van der Waals surface area contributed by atoms with E-state index in [9.17, 15) is 9.59 Å². The van der Waals surface area contributed by atoms with Crippen molar-refractivity contribution in [2.45, 2.75) is 66.5 Å². The second-order valence-electron chi connectivity index (χ2n) is 9.54. The number of amides is 2. The number of pyridine rings is 1. The van der Waals surface area contributed by atoms with Crippen LogP contribution in [-0.4, -0.2) is 52.7 Å². The Morgan fingerprint density at radius 1 is 1.17 bits per heavy atom. The second kappa shape index (κ2) is 9.23. The van der Waals surface area contributed by atoms with E-state index in [4.69, 9.17) is 9.47 Å². The van der Waals surface area contributed by atoms with Gasteiger partial charge in [-0.05, 0) is 65.0 Å². The van der Waals surface area contributed by atoms with Gasteiger partial charge in [0.25, 0.3) is 0 Å². The second-order valence-corrected chi connectivity index (χ2v) is 9.54. The van der Waals surface area contributed by atoms with Gasteiger partial charge in [-0.3, -0.25) is 9.78 Å². The van der Waals surface area contributed by atoms with Crippen LogP contribution in [0.25, 0.3) is 0 Å². The van der Waals surface area contributed by atoms with Crippen molar-refractivity contribution in [1.82, 2.24) is 15.2 Å². The van der Waals surface area contributed by atoms with Gasteiger partial charge in [-0.2, -0.15) is 0 Å². The average molecular weight is 420 g/mol. The zero-order valence-electron chi connectivity index (χ0n) is 19.6. The van der Waals surface area contributed by atoms with E-state index in [0.717, 1.165) is 11.3 Å². The number of hydrogen-bond acceptors (Lipinski definition) is 5. The Hall–Kier alpha value is -2.31. The molecule has 1 aliphatic heterocycles. The maximum absolute atomic E-state index is 12.7. The maximum Gasteiger partial charge on any atom is 0.410 e. The van der Waals surface area contributed by atoms with Crippen LogP contribution < -0.4 is 10.1 Å². The minimum absolute atomic E-state index is 0.0295. The van der Waals surface area contributed by atoms with Crippen LogP contribution >= 0.6 is 0 Å². The van der Waals surface area contributed by atoms with Gasteiger partial charge in [-0.25, -0.2) is 4.79 Å². The van der Waals surface area contributed by atoms with E-state index >= 15 is 0 Å². The quantitative estimate of drug-likeness (QED) is 0.785. The molecule has 2 heterocycles. The number of piperidine rings is 1. The van der Waals surface area contributed by atoms with Gasteiger partial charge in [0.15, 0.2) is 0 Å². The highest BCUT2D eigenvalue weighted by Gasteiger charge is 2.61. The Morgan fingerprint density at radius 3 is 2.30 bits per heavy atom. The Kier molecular flexibility index (Phi) is 7.37. The summed E-state index contributed by atoms with van der Waals surface area (Å²) >= 11 is 0. The number of carbonyl (C=O) groups is 2. The number of hydrogen-bond donors (Lipinski definition) is 1. The summed E-state index contributed by atoms with van der Waals surface area (Å²) in [6.07, 6.45) is 3.12. The highest BCUT2D eigenvalue weighted by Crippen LogP contribution is 2.52. The molecule has 2 aliphatic rings. The minimum atomic E-state index is -0.503. The van der Waals surface area contributed by atoms with Crippen molar-refractivity contribution in [3.63, 3.8) is 0 Å². The molecule has 1 saturated carbocycles. The molecule has 168 valence electrons. The molecule has 0 spiro atoms. The first-order valence-electron chi connectivity index (χ1n) is 10.8. The molecule has 7 nitrogen and oxygen atoms in total. The van der Waals surface area contributed by atoms with E-state index in [2.05, 4.69) is 10.3 Å². The normalized spacial score (nSPS) is 22.4. The van der Waals surface area contributed by atoms with Crippen molar-refractivity contribution in [2.75, 3.05) is 19.7 Å². The first-order chi connectivity index (χ1) is 14.0. The van der Waals surface area contributed by atoms with Gasteiger partial charge in [0.05, 0.1) is 11.7 Å². The third-order valence-electron chi connectivity index (χ3n) is 5.19. The molecule has 3 rings (SSSR count). The van der Waals surface area contributed by atoms with Gasteiger partial charge in [-0.15, -0.1) is 0 Å². The van der Waals surface area contributed by atoms with Crippen molar-refractivity contribution in [3.05, 3.63) is 24.0 Å². The lowest BCUT2D eigenvalue weighted by Crippen LogP contribution is -2.49. The Balaban J connectivity index is 0.00000155. The van der Waals surface area contributed by atoms with Crippen LogP contribution in [0.4, 0.5) is 4.79 Å². The first-order valence-corrected chi connectivity index (χ1v) is 10.8. The number of rotatable bonds is 5. The molecular formula is C23H37N3O4. The maximum atomic E-state index is 12.7. The van der Waals surface area contributed by atoms with E-state index in [-0.39, 0.29) is 29.8 Å². The molecule has 2 unspecified atom stereocenters. The van der Waals surface area contributed by atoms with Gasteiger partial charge >= 0.3 is 6.09 Å². The molecule has 2 amide bonds. The summed E-state index contributed by atoms with van der Waals surface area (Å²) in [6.45, 7) is 17.0. The van der Waals surface area contributed by atoms with Crippen LogP contribution in [0.5, 0.6) is 5.75 Å². The molecule has 2 atom stereocenters. The van der Waals surface area contributed by atoms with Crippen LogP contribution in [0, 0.1) is 24.7 Å². The predicted octanol–water partition coefficient (Wildman–Crippen LogP) is 3.80.